The molecule has 2 aromatic carbocycles. The van der Waals surface area contributed by atoms with Gasteiger partial charge in [0.05, 0.1) is 9.85 Å². The molecule has 21 heavy (non-hydrogen) atoms. The Labute approximate surface area is 118 Å². The molecule has 0 radical (unpaired) electrons. The van der Waals surface area contributed by atoms with E-state index in [2.05, 4.69) is 5.32 Å². The third-order valence-electron chi connectivity index (χ3n) is 2.71. The second-order valence-corrected chi connectivity index (χ2v) is 4.19. The van der Waals surface area contributed by atoms with Crippen LogP contribution in [-0.4, -0.2) is 9.85 Å². The maximum absolute atomic E-state index is 11.0. The van der Waals surface area contributed by atoms with E-state index in [0.29, 0.717) is 0 Å². The molecule has 108 valence electrons. The predicted octanol–water partition coefficient (Wildman–Crippen LogP) is 2.41. The van der Waals surface area contributed by atoms with Crippen molar-refractivity contribution in [3.8, 4) is 0 Å². The predicted molar refractivity (Wildman–Crippen MR) is 78.3 cm³/mol. The molecule has 0 aromatic heterocycles. The molecule has 9 heteroatoms. The van der Waals surface area contributed by atoms with Gasteiger partial charge in [-0.25, -0.2) is 0 Å². The normalized spacial score (nSPS) is 10.1. The van der Waals surface area contributed by atoms with E-state index in [1.54, 1.807) is 0 Å². The molecule has 2 rings (SSSR count). The zero-order valence-electron chi connectivity index (χ0n) is 10.6. The van der Waals surface area contributed by atoms with E-state index >= 15 is 0 Å². The Morgan fingerprint density at radius 1 is 0.810 bits per heavy atom. The summed E-state index contributed by atoms with van der Waals surface area (Å²) < 4.78 is 0. The lowest BCUT2D eigenvalue weighted by atomic mass is 10.2. The molecule has 0 spiro atoms. The summed E-state index contributed by atoms with van der Waals surface area (Å²) >= 11 is 0. The first-order valence-electron chi connectivity index (χ1n) is 5.73. The summed E-state index contributed by atoms with van der Waals surface area (Å²) in [4.78, 5) is 20.7. The molecule has 0 fully saturated rings. The zero-order valence-corrected chi connectivity index (χ0v) is 10.6. The van der Waals surface area contributed by atoms with E-state index in [0.717, 1.165) is 0 Å². The van der Waals surface area contributed by atoms with Gasteiger partial charge in [-0.1, -0.05) is 0 Å². The summed E-state index contributed by atoms with van der Waals surface area (Å²) in [6, 6.07) is 8.02. The van der Waals surface area contributed by atoms with Gasteiger partial charge in [0.1, 0.15) is 11.4 Å². The number of nitrogens with one attached hydrogen (secondary N) is 1. The van der Waals surface area contributed by atoms with E-state index in [1.165, 1.54) is 36.4 Å². The lowest BCUT2D eigenvalue weighted by molar-refractivity contribution is -0.384. The van der Waals surface area contributed by atoms with Crippen LogP contribution >= 0.6 is 0 Å². The SMILES string of the molecule is Nc1ccc(Nc2ccc(N)cc2[N+](=O)[O-])c([N+](=O)[O-])c1. The quantitative estimate of drug-likeness (QED) is 0.444. The Balaban J connectivity index is 2.48. The molecule has 9 nitrogen and oxygen atoms in total. The van der Waals surface area contributed by atoms with Crippen molar-refractivity contribution in [3.05, 3.63) is 56.6 Å². The van der Waals surface area contributed by atoms with Gasteiger partial charge in [-0.2, -0.15) is 0 Å². The van der Waals surface area contributed by atoms with E-state index in [9.17, 15) is 20.2 Å². The minimum Gasteiger partial charge on any atom is -0.399 e. The largest absolute Gasteiger partial charge is 0.399 e. The van der Waals surface area contributed by atoms with Crippen molar-refractivity contribution in [1.82, 2.24) is 0 Å². The number of benzene rings is 2. The standard InChI is InChI=1S/C12H11N5O4/c13-7-1-3-9(11(5-7)16(18)19)15-10-4-2-8(14)6-12(10)17(20)21/h1-6,15H,13-14H2. The summed E-state index contributed by atoms with van der Waals surface area (Å²) in [5, 5.41) is 24.7. The molecule has 0 saturated heterocycles. The van der Waals surface area contributed by atoms with Crippen molar-refractivity contribution in [2.45, 2.75) is 0 Å². The number of nitrogen functional groups attached to an aromatic ring is 2. The summed E-state index contributed by atoms with van der Waals surface area (Å²) in [5.41, 5.74) is 11.1. The number of rotatable bonds is 4. The lowest BCUT2D eigenvalue weighted by Crippen LogP contribution is -2.01. The highest BCUT2D eigenvalue weighted by Crippen LogP contribution is 2.34. The Hall–Kier alpha value is -3.36. The minimum absolute atomic E-state index is 0.0991. The first-order chi connectivity index (χ1) is 9.88. The van der Waals surface area contributed by atoms with Gasteiger partial charge in [-0.05, 0) is 24.3 Å². The fourth-order valence-electron chi connectivity index (χ4n) is 1.76. The number of hydrogen-bond acceptors (Lipinski definition) is 7. The Bertz CT molecular complexity index is 670. The van der Waals surface area contributed by atoms with E-state index in [-0.39, 0.29) is 34.1 Å². The average molecular weight is 289 g/mol. The molecule has 0 bridgehead atoms. The van der Waals surface area contributed by atoms with Crippen molar-refractivity contribution in [3.63, 3.8) is 0 Å². The number of anilines is 4. The first kappa shape index (κ1) is 14.1. The molecule has 2 aromatic rings. The molecule has 0 atom stereocenters. The van der Waals surface area contributed by atoms with Crippen LogP contribution in [0.3, 0.4) is 0 Å². The summed E-state index contributed by atoms with van der Waals surface area (Å²) in [6.45, 7) is 0. The molecule has 0 amide bonds. The van der Waals surface area contributed by atoms with Crippen LogP contribution in [0, 0.1) is 20.2 Å². The number of hydrogen-bond donors (Lipinski definition) is 3. The maximum atomic E-state index is 11.0. The fourth-order valence-corrected chi connectivity index (χ4v) is 1.76. The van der Waals surface area contributed by atoms with Gasteiger partial charge in [0.25, 0.3) is 11.4 Å². The maximum Gasteiger partial charge on any atom is 0.294 e. The second kappa shape index (κ2) is 5.33. The molecular weight excluding hydrogens is 278 g/mol. The zero-order chi connectivity index (χ0) is 15.6. The molecule has 0 heterocycles. The van der Waals surface area contributed by atoms with Gasteiger partial charge in [0.15, 0.2) is 0 Å². The molecule has 0 saturated carbocycles. The highest BCUT2D eigenvalue weighted by Gasteiger charge is 2.19. The Kier molecular flexibility index (Phi) is 3.57. The smallest absolute Gasteiger partial charge is 0.294 e. The van der Waals surface area contributed by atoms with Crippen molar-refractivity contribution >= 4 is 34.1 Å². The van der Waals surface area contributed by atoms with Gasteiger partial charge >= 0.3 is 0 Å². The van der Waals surface area contributed by atoms with Crippen LogP contribution in [0.15, 0.2) is 36.4 Å². The topological polar surface area (TPSA) is 150 Å². The van der Waals surface area contributed by atoms with Crippen molar-refractivity contribution < 1.29 is 9.85 Å². The van der Waals surface area contributed by atoms with Crippen LogP contribution in [0.25, 0.3) is 0 Å². The van der Waals surface area contributed by atoms with Crippen LogP contribution < -0.4 is 16.8 Å². The van der Waals surface area contributed by atoms with Gasteiger partial charge in [0, 0.05) is 23.5 Å². The fraction of sp³-hybridized carbons (Fsp3) is 0. The average Bonchev–Trinajstić information content (AvgIpc) is 2.42. The van der Waals surface area contributed by atoms with Crippen LogP contribution in [-0.2, 0) is 0 Å². The van der Waals surface area contributed by atoms with Gasteiger partial charge in [-0.3, -0.25) is 20.2 Å². The third-order valence-corrected chi connectivity index (χ3v) is 2.71. The van der Waals surface area contributed by atoms with Crippen LogP contribution in [0.4, 0.5) is 34.1 Å². The minimum atomic E-state index is -0.623. The second-order valence-electron chi connectivity index (χ2n) is 4.19. The first-order valence-corrected chi connectivity index (χ1v) is 5.73. The Morgan fingerprint density at radius 3 is 1.52 bits per heavy atom. The molecular formula is C12H11N5O4. The van der Waals surface area contributed by atoms with Crippen molar-refractivity contribution in [2.75, 3.05) is 16.8 Å². The molecule has 0 aliphatic carbocycles. The number of nitro groups is 2. The molecule has 0 aliphatic rings. The van der Waals surface area contributed by atoms with Crippen LogP contribution in [0.1, 0.15) is 0 Å². The Morgan fingerprint density at radius 2 is 1.19 bits per heavy atom. The van der Waals surface area contributed by atoms with Crippen molar-refractivity contribution in [2.24, 2.45) is 0 Å². The van der Waals surface area contributed by atoms with Crippen LogP contribution in [0.5, 0.6) is 0 Å². The molecule has 5 N–H and O–H groups in total. The highest BCUT2D eigenvalue weighted by atomic mass is 16.6. The highest BCUT2D eigenvalue weighted by molar-refractivity contribution is 5.78. The summed E-state index contributed by atoms with van der Waals surface area (Å²) in [6.07, 6.45) is 0. The lowest BCUT2D eigenvalue weighted by Gasteiger charge is -2.08. The summed E-state index contributed by atoms with van der Waals surface area (Å²) in [7, 11) is 0. The number of nitrogens with two attached hydrogens (primary N) is 2. The monoisotopic (exact) mass is 289 g/mol. The van der Waals surface area contributed by atoms with E-state index in [4.69, 9.17) is 11.5 Å². The van der Waals surface area contributed by atoms with E-state index < -0.39 is 9.85 Å². The summed E-state index contributed by atoms with van der Waals surface area (Å²) in [5.74, 6) is 0. The third kappa shape index (κ3) is 2.97. The van der Waals surface area contributed by atoms with Gasteiger partial charge in [-0.15, -0.1) is 0 Å². The van der Waals surface area contributed by atoms with Gasteiger partial charge < -0.3 is 16.8 Å². The number of nitrogens with zero attached hydrogens (tertiary/aromatic N) is 2. The van der Waals surface area contributed by atoms with E-state index in [1.807, 2.05) is 0 Å². The van der Waals surface area contributed by atoms with Gasteiger partial charge in [0.2, 0.25) is 0 Å². The molecule has 0 unspecified atom stereocenters. The molecule has 0 aliphatic heterocycles. The van der Waals surface area contributed by atoms with Crippen LogP contribution in [0.2, 0.25) is 0 Å². The number of nitro benzene ring substituents is 2. The van der Waals surface area contributed by atoms with Crippen molar-refractivity contribution in [1.29, 1.82) is 0 Å².